The largest absolute Gasteiger partial charge is 0.506 e. The van der Waals surface area contributed by atoms with Crippen molar-refractivity contribution < 1.29 is 14.2 Å². The summed E-state index contributed by atoms with van der Waals surface area (Å²) in [5.41, 5.74) is 0.864. The molecule has 0 saturated carbocycles. The number of phenols is 1. The molecule has 3 rings (SSSR count). The smallest absolute Gasteiger partial charge is 0.137 e. The van der Waals surface area contributed by atoms with Crippen LogP contribution in [0.3, 0.4) is 0 Å². The topological polar surface area (TPSA) is 47.3 Å². The SMILES string of the molecule is Oc1cc(F)c(-c2ccccc2OCCn2ccnc2)cc1Cl. The van der Waals surface area contributed by atoms with E-state index in [4.69, 9.17) is 16.3 Å². The highest BCUT2D eigenvalue weighted by atomic mass is 35.5. The number of hydrogen-bond donors (Lipinski definition) is 1. The van der Waals surface area contributed by atoms with Crippen LogP contribution in [0.15, 0.2) is 55.1 Å². The van der Waals surface area contributed by atoms with Gasteiger partial charge in [-0.05, 0) is 12.1 Å². The second-order valence-corrected chi connectivity index (χ2v) is 5.34. The summed E-state index contributed by atoms with van der Waals surface area (Å²) in [5.74, 6) is -0.294. The van der Waals surface area contributed by atoms with E-state index in [1.54, 1.807) is 30.7 Å². The van der Waals surface area contributed by atoms with E-state index < -0.39 is 5.82 Å². The van der Waals surface area contributed by atoms with E-state index in [0.717, 1.165) is 6.07 Å². The van der Waals surface area contributed by atoms with Crippen molar-refractivity contribution in [3.8, 4) is 22.6 Å². The van der Waals surface area contributed by atoms with Gasteiger partial charge in [0.2, 0.25) is 0 Å². The Morgan fingerprint density at radius 3 is 2.83 bits per heavy atom. The second kappa shape index (κ2) is 6.71. The number of aromatic hydroxyl groups is 1. The summed E-state index contributed by atoms with van der Waals surface area (Å²) in [4.78, 5) is 3.96. The highest BCUT2D eigenvalue weighted by Crippen LogP contribution is 2.36. The first-order chi connectivity index (χ1) is 11.1. The van der Waals surface area contributed by atoms with Crippen LogP contribution < -0.4 is 4.74 Å². The fraction of sp³-hybridized carbons (Fsp3) is 0.118. The van der Waals surface area contributed by atoms with E-state index in [1.807, 2.05) is 16.8 Å². The molecule has 6 heteroatoms. The summed E-state index contributed by atoms with van der Waals surface area (Å²) >= 11 is 5.89. The highest BCUT2D eigenvalue weighted by molar-refractivity contribution is 6.32. The van der Waals surface area contributed by atoms with Crippen molar-refractivity contribution in [1.82, 2.24) is 9.55 Å². The average molecular weight is 333 g/mol. The van der Waals surface area contributed by atoms with Gasteiger partial charge in [-0.25, -0.2) is 9.37 Å². The molecule has 4 nitrogen and oxygen atoms in total. The highest BCUT2D eigenvalue weighted by Gasteiger charge is 2.13. The molecule has 0 amide bonds. The molecule has 0 aliphatic heterocycles. The number of rotatable bonds is 5. The average Bonchev–Trinajstić information content (AvgIpc) is 3.05. The van der Waals surface area contributed by atoms with Crippen LogP contribution in [0.5, 0.6) is 11.5 Å². The molecule has 0 bridgehead atoms. The third-order valence-corrected chi connectivity index (χ3v) is 3.68. The lowest BCUT2D eigenvalue weighted by atomic mass is 10.0. The van der Waals surface area contributed by atoms with E-state index in [9.17, 15) is 9.50 Å². The number of para-hydroxylation sites is 1. The van der Waals surface area contributed by atoms with Crippen LogP contribution >= 0.6 is 11.6 Å². The third kappa shape index (κ3) is 3.46. The van der Waals surface area contributed by atoms with Gasteiger partial charge < -0.3 is 14.4 Å². The Hall–Kier alpha value is -2.53. The molecule has 0 atom stereocenters. The molecule has 0 unspecified atom stereocenters. The maximum Gasteiger partial charge on any atom is 0.137 e. The first kappa shape index (κ1) is 15.4. The van der Waals surface area contributed by atoms with Crippen molar-refractivity contribution >= 4 is 11.6 Å². The summed E-state index contributed by atoms with van der Waals surface area (Å²) in [6, 6.07) is 9.51. The predicted octanol–water partition coefficient (Wildman–Crippen LogP) is 4.13. The molecular weight excluding hydrogens is 319 g/mol. The lowest BCUT2D eigenvalue weighted by Gasteiger charge is -2.13. The van der Waals surface area contributed by atoms with Gasteiger partial charge in [0.1, 0.15) is 23.9 Å². The summed E-state index contributed by atoms with van der Waals surface area (Å²) in [7, 11) is 0. The van der Waals surface area contributed by atoms with Gasteiger partial charge in [0.15, 0.2) is 0 Å². The predicted molar refractivity (Wildman–Crippen MR) is 86.2 cm³/mol. The number of ether oxygens (including phenoxy) is 1. The molecule has 23 heavy (non-hydrogen) atoms. The standard InChI is InChI=1S/C17H14ClFN2O2/c18-14-9-13(15(19)10-16(14)22)12-3-1-2-4-17(12)23-8-7-21-6-5-20-11-21/h1-6,9-11,22H,7-8H2. The summed E-state index contributed by atoms with van der Waals surface area (Å²) in [5, 5.41) is 9.57. The zero-order chi connectivity index (χ0) is 16.2. The molecular formula is C17H14ClFN2O2. The maximum absolute atomic E-state index is 14.2. The van der Waals surface area contributed by atoms with E-state index >= 15 is 0 Å². The van der Waals surface area contributed by atoms with E-state index in [-0.39, 0.29) is 16.3 Å². The number of aromatic nitrogens is 2. The normalized spacial score (nSPS) is 10.7. The number of halogens is 2. The molecule has 0 spiro atoms. The van der Waals surface area contributed by atoms with Gasteiger partial charge >= 0.3 is 0 Å². The Labute approximate surface area is 137 Å². The van der Waals surface area contributed by atoms with Crippen molar-refractivity contribution in [2.75, 3.05) is 6.61 Å². The quantitative estimate of drug-likeness (QED) is 0.764. The summed E-state index contributed by atoms with van der Waals surface area (Å²) in [6.45, 7) is 1.05. The molecule has 0 radical (unpaired) electrons. The Balaban J connectivity index is 1.84. The Kier molecular flexibility index (Phi) is 4.48. The van der Waals surface area contributed by atoms with Crippen molar-refractivity contribution in [1.29, 1.82) is 0 Å². The van der Waals surface area contributed by atoms with Crippen molar-refractivity contribution in [2.45, 2.75) is 6.54 Å². The Morgan fingerprint density at radius 1 is 1.22 bits per heavy atom. The van der Waals surface area contributed by atoms with Crippen LogP contribution in [0.4, 0.5) is 4.39 Å². The zero-order valence-corrected chi connectivity index (χ0v) is 12.9. The third-order valence-electron chi connectivity index (χ3n) is 3.38. The number of imidazole rings is 1. The fourth-order valence-electron chi connectivity index (χ4n) is 2.24. The molecule has 1 aromatic heterocycles. The fourth-order valence-corrected chi connectivity index (χ4v) is 2.40. The van der Waals surface area contributed by atoms with Crippen LogP contribution in [-0.4, -0.2) is 21.3 Å². The van der Waals surface area contributed by atoms with Gasteiger partial charge in [-0.1, -0.05) is 29.8 Å². The molecule has 1 heterocycles. The summed E-state index contributed by atoms with van der Waals surface area (Å²) in [6.07, 6.45) is 5.24. The van der Waals surface area contributed by atoms with Gasteiger partial charge in [-0.15, -0.1) is 0 Å². The molecule has 0 aliphatic rings. The molecule has 0 aliphatic carbocycles. The Morgan fingerprint density at radius 2 is 2.04 bits per heavy atom. The minimum atomic E-state index is -0.558. The van der Waals surface area contributed by atoms with Crippen molar-refractivity contribution in [3.63, 3.8) is 0 Å². The van der Waals surface area contributed by atoms with Gasteiger partial charge in [-0.2, -0.15) is 0 Å². The first-order valence-electron chi connectivity index (χ1n) is 7.01. The van der Waals surface area contributed by atoms with Crippen molar-refractivity contribution in [3.05, 3.63) is 66.0 Å². The van der Waals surface area contributed by atoms with Crippen LogP contribution in [-0.2, 0) is 6.54 Å². The first-order valence-corrected chi connectivity index (χ1v) is 7.39. The van der Waals surface area contributed by atoms with E-state index in [1.165, 1.54) is 6.07 Å². The summed E-state index contributed by atoms with van der Waals surface area (Å²) < 4.78 is 21.8. The zero-order valence-electron chi connectivity index (χ0n) is 12.1. The number of phenolic OH excluding ortho intramolecular Hbond substituents is 1. The molecule has 2 aromatic carbocycles. The number of benzene rings is 2. The van der Waals surface area contributed by atoms with E-state index in [0.29, 0.717) is 24.5 Å². The Bertz CT molecular complexity index is 806. The van der Waals surface area contributed by atoms with Gasteiger partial charge in [0.25, 0.3) is 0 Å². The molecule has 3 aromatic rings. The molecule has 0 saturated heterocycles. The van der Waals surface area contributed by atoms with Gasteiger partial charge in [0.05, 0.1) is 17.9 Å². The lowest BCUT2D eigenvalue weighted by Crippen LogP contribution is -2.07. The maximum atomic E-state index is 14.2. The lowest BCUT2D eigenvalue weighted by molar-refractivity contribution is 0.299. The van der Waals surface area contributed by atoms with Gasteiger partial charge in [0, 0.05) is 29.6 Å². The number of hydrogen-bond acceptors (Lipinski definition) is 3. The molecule has 118 valence electrons. The van der Waals surface area contributed by atoms with Crippen LogP contribution in [0.1, 0.15) is 0 Å². The number of nitrogens with zero attached hydrogens (tertiary/aromatic N) is 2. The van der Waals surface area contributed by atoms with Crippen LogP contribution in [0.25, 0.3) is 11.1 Å². The van der Waals surface area contributed by atoms with Gasteiger partial charge in [-0.3, -0.25) is 0 Å². The molecule has 0 fully saturated rings. The van der Waals surface area contributed by atoms with E-state index in [2.05, 4.69) is 4.98 Å². The minimum absolute atomic E-state index is 0.0922. The second-order valence-electron chi connectivity index (χ2n) is 4.93. The monoisotopic (exact) mass is 332 g/mol. The van der Waals surface area contributed by atoms with Crippen LogP contribution in [0, 0.1) is 5.82 Å². The molecule has 1 N–H and O–H groups in total. The van der Waals surface area contributed by atoms with Crippen LogP contribution in [0.2, 0.25) is 5.02 Å². The minimum Gasteiger partial charge on any atom is -0.506 e. The van der Waals surface area contributed by atoms with Crippen molar-refractivity contribution in [2.24, 2.45) is 0 Å².